The Morgan fingerprint density at radius 3 is 2.20 bits per heavy atom. The summed E-state index contributed by atoms with van der Waals surface area (Å²) < 4.78 is 0. The Balaban J connectivity index is 3.57. The van der Waals surface area contributed by atoms with Crippen LogP contribution in [0, 0.1) is 11.3 Å². The van der Waals surface area contributed by atoms with Crippen molar-refractivity contribution >= 4 is 5.71 Å². The van der Waals surface area contributed by atoms with E-state index in [1.165, 1.54) is 0 Å². The van der Waals surface area contributed by atoms with Crippen LogP contribution in [0.15, 0.2) is 0 Å². The Hall–Kier alpha value is -0.370. The minimum absolute atomic E-state index is 0.399. The highest BCUT2D eigenvalue weighted by Gasteiger charge is 2.06. The first-order valence-electron chi connectivity index (χ1n) is 3.82. The highest BCUT2D eigenvalue weighted by atomic mass is 14.9. The van der Waals surface area contributed by atoms with Crippen molar-refractivity contribution in [1.82, 2.24) is 5.32 Å². The van der Waals surface area contributed by atoms with Gasteiger partial charge in [-0.2, -0.15) is 0 Å². The molecule has 0 aliphatic carbocycles. The lowest BCUT2D eigenvalue weighted by Gasteiger charge is -2.12. The summed E-state index contributed by atoms with van der Waals surface area (Å²) in [4.78, 5) is 0. The van der Waals surface area contributed by atoms with Gasteiger partial charge >= 0.3 is 0 Å². The third-order valence-electron chi connectivity index (χ3n) is 1.72. The smallest absolute Gasteiger partial charge is 0.0130 e. The number of nitrogens with one attached hydrogen (secondary N) is 2. The molecule has 1 unspecified atom stereocenters. The first-order valence-corrected chi connectivity index (χ1v) is 3.82. The van der Waals surface area contributed by atoms with Gasteiger partial charge in [-0.25, -0.2) is 0 Å². The molecule has 2 nitrogen and oxygen atoms in total. The molecule has 0 rings (SSSR count). The van der Waals surface area contributed by atoms with Gasteiger partial charge in [-0.1, -0.05) is 13.8 Å². The van der Waals surface area contributed by atoms with Crippen molar-refractivity contribution in [2.24, 2.45) is 5.92 Å². The van der Waals surface area contributed by atoms with E-state index in [0.29, 0.717) is 12.0 Å². The van der Waals surface area contributed by atoms with E-state index < -0.39 is 0 Å². The van der Waals surface area contributed by atoms with Gasteiger partial charge in [-0.05, 0) is 19.9 Å². The molecule has 10 heavy (non-hydrogen) atoms. The maximum atomic E-state index is 7.54. The number of rotatable bonds is 4. The van der Waals surface area contributed by atoms with E-state index in [-0.39, 0.29) is 0 Å². The van der Waals surface area contributed by atoms with Crippen molar-refractivity contribution in [3.05, 3.63) is 0 Å². The van der Waals surface area contributed by atoms with Gasteiger partial charge in [-0.15, -0.1) is 0 Å². The summed E-state index contributed by atoms with van der Waals surface area (Å²) >= 11 is 0. The summed E-state index contributed by atoms with van der Waals surface area (Å²) in [6.45, 7) is 6.21. The molecule has 2 N–H and O–H groups in total. The zero-order valence-electron chi connectivity index (χ0n) is 7.36. The minimum Gasteiger partial charge on any atom is -0.317 e. The van der Waals surface area contributed by atoms with Crippen LogP contribution in [0.3, 0.4) is 0 Å². The van der Waals surface area contributed by atoms with Gasteiger partial charge in [0.05, 0.1) is 0 Å². The molecule has 0 fully saturated rings. The molecule has 0 heterocycles. The molecule has 0 aliphatic rings. The van der Waals surface area contributed by atoms with Crippen LogP contribution in [0.1, 0.15) is 27.2 Å². The standard InChI is InChI=1S/C8H18N2/c1-6(2)8(9)5-7(3)10-4/h6-7,9-10H,5H2,1-4H3. The molecule has 0 saturated heterocycles. The first kappa shape index (κ1) is 9.63. The predicted molar refractivity (Wildman–Crippen MR) is 45.7 cm³/mol. The van der Waals surface area contributed by atoms with Gasteiger partial charge in [0.2, 0.25) is 0 Å². The van der Waals surface area contributed by atoms with Crippen LogP contribution in [-0.2, 0) is 0 Å². The van der Waals surface area contributed by atoms with Gasteiger partial charge in [-0.3, -0.25) is 0 Å². The van der Waals surface area contributed by atoms with Crippen LogP contribution in [0.4, 0.5) is 0 Å². The van der Waals surface area contributed by atoms with Crippen LogP contribution in [0.25, 0.3) is 0 Å². The molecular weight excluding hydrogens is 124 g/mol. The Morgan fingerprint density at radius 1 is 1.40 bits per heavy atom. The second kappa shape index (κ2) is 4.45. The Morgan fingerprint density at radius 2 is 1.90 bits per heavy atom. The molecule has 0 spiro atoms. The van der Waals surface area contributed by atoms with E-state index in [4.69, 9.17) is 5.41 Å². The van der Waals surface area contributed by atoms with Gasteiger partial charge in [0.25, 0.3) is 0 Å². The SMILES string of the molecule is CNC(C)CC(=N)C(C)C. The summed E-state index contributed by atoms with van der Waals surface area (Å²) in [7, 11) is 1.93. The van der Waals surface area contributed by atoms with E-state index in [9.17, 15) is 0 Å². The van der Waals surface area contributed by atoms with E-state index in [1.54, 1.807) is 0 Å². The predicted octanol–water partition coefficient (Wildman–Crippen LogP) is 1.66. The Labute approximate surface area is 63.5 Å². The summed E-state index contributed by atoms with van der Waals surface area (Å²) in [6, 6.07) is 0.440. The van der Waals surface area contributed by atoms with E-state index in [2.05, 4.69) is 26.1 Å². The van der Waals surface area contributed by atoms with Crippen molar-refractivity contribution in [2.45, 2.75) is 33.2 Å². The lowest BCUT2D eigenvalue weighted by atomic mass is 10.0. The summed E-state index contributed by atoms with van der Waals surface area (Å²) in [5.74, 6) is 0.399. The van der Waals surface area contributed by atoms with Crippen molar-refractivity contribution in [3.63, 3.8) is 0 Å². The van der Waals surface area contributed by atoms with Crippen LogP contribution in [0.2, 0.25) is 0 Å². The molecule has 60 valence electrons. The molecule has 0 saturated carbocycles. The monoisotopic (exact) mass is 142 g/mol. The van der Waals surface area contributed by atoms with Crippen LogP contribution < -0.4 is 5.32 Å². The first-order chi connectivity index (χ1) is 4.57. The average Bonchev–Trinajstić information content (AvgIpc) is 1.87. The zero-order chi connectivity index (χ0) is 8.15. The molecule has 0 amide bonds. The molecule has 0 aromatic rings. The summed E-state index contributed by atoms with van der Waals surface area (Å²) in [6.07, 6.45) is 0.869. The van der Waals surface area contributed by atoms with Crippen molar-refractivity contribution in [3.8, 4) is 0 Å². The Kier molecular flexibility index (Phi) is 4.28. The van der Waals surface area contributed by atoms with Crippen molar-refractivity contribution in [1.29, 1.82) is 5.41 Å². The van der Waals surface area contributed by atoms with Crippen LogP contribution in [0.5, 0.6) is 0 Å². The van der Waals surface area contributed by atoms with E-state index in [0.717, 1.165) is 12.1 Å². The highest BCUT2D eigenvalue weighted by Crippen LogP contribution is 2.01. The number of hydrogen-bond donors (Lipinski definition) is 2. The van der Waals surface area contributed by atoms with Gasteiger partial charge in [0.15, 0.2) is 0 Å². The average molecular weight is 142 g/mol. The second-order valence-electron chi connectivity index (χ2n) is 3.07. The lowest BCUT2D eigenvalue weighted by molar-refractivity contribution is 0.618. The van der Waals surface area contributed by atoms with Gasteiger partial charge in [0, 0.05) is 18.2 Å². The molecule has 0 aliphatic heterocycles. The fourth-order valence-corrected chi connectivity index (χ4v) is 0.668. The number of hydrogen-bond acceptors (Lipinski definition) is 2. The van der Waals surface area contributed by atoms with Crippen molar-refractivity contribution < 1.29 is 0 Å². The molecule has 0 radical (unpaired) electrons. The lowest BCUT2D eigenvalue weighted by Crippen LogP contribution is -2.25. The fourth-order valence-electron chi connectivity index (χ4n) is 0.668. The largest absolute Gasteiger partial charge is 0.317 e. The fraction of sp³-hybridized carbons (Fsp3) is 0.875. The topological polar surface area (TPSA) is 35.9 Å². The molecule has 0 bridgehead atoms. The van der Waals surface area contributed by atoms with E-state index in [1.807, 2.05) is 7.05 Å². The maximum absolute atomic E-state index is 7.54. The molecule has 2 heteroatoms. The summed E-state index contributed by atoms with van der Waals surface area (Å²) in [5.41, 5.74) is 0.835. The van der Waals surface area contributed by atoms with E-state index >= 15 is 0 Å². The highest BCUT2D eigenvalue weighted by molar-refractivity contribution is 5.83. The quantitative estimate of drug-likeness (QED) is 0.575. The van der Waals surface area contributed by atoms with Crippen LogP contribution in [-0.4, -0.2) is 18.8 Å². The summed E-state index contributed by atoms with van der Waals surface area (Å²) in [5, 5.41) is 10.6. The van der Waals surface area contributed by atoms with Crippen LogP contribution >= 0.6 is 0 Å². The maximum Gasteiger partial charge on any atom is 0.0130 e. The zero-order valence-corrected chi connectivity index (χ0v) is 7.36. The van der Waals surface area contributed by atoms with Crippen molar-refractivity contribution in [2.75, 3.05) is 7.05 Å². The Bertz CT molecular complexity index is 108. The molecule has 1 atom stereocenters. The second-order valence-corrected chi connectivity index (χ2v) is 3.07. The molecular formula is C8H18N2. The van der Waals surface area contributed by atoms with Gasteiger partial charge in [0.1, 0.15) is 0 Å². The molecule has 0 aromatic heterocycles. The minimum atomic E-state index is 0.399. The third-order valence-corrected chi connectivity index (χ3v) is 1.72. The third kappa shape index (κ3) is 3.62. The molecule has 0 aromatic carbocycles. The van der Waals surface area contributed by atoms with Gasteiger partial charge < -0.3 is 10.7 Å². The normalized spacial score (nSPS) is 13.7.